The summed E-state index contributed by atoms with van der Waals surface area (Å²) in [6.07, 6.45) is 5.34. The molecule has 0 saturated carbocycles. The maximum Gasteiger partial charge on any atom is 0.316 e. The minimum absolute atomic E-state index is 0.175. The van der Waals surface area contributed by atoms with Crippen LogP contribution in [-0.2, 0) is 22.2 Å². The molecule has 1 unspecified atom stereocenters. The van der Waals surface area contributed by atoms with Crippen molar-refractivity contribution in [2.45, 2.75) is 38.0 Å². The molecule has 8 heteroatoms. The number of rotatable bonds is 6. The van der Waals surface area contributed by atoms with Crippen LogP contribution in [0.15, 0.2) is 36.7 Å². The van der Waals surface area contributed by atoms with Gasteiger partial charge in [0.1, 0.15) is 11.9 Å². The zero-order chi connectivity index (χ0) is 18.6. The van der Waals surface area contributed by atoms with Crippen LogP contribution in [0.3, 0.4) is 0 Å². The predicted molar refractivity (Wildman–Crippen MR) is 95.7 cm³/mol. The summed E-state index contributed by atoms with van der Waals surface area (Å²) in [5, 5.41) is 0. The molecule has 1 aliphatic rings. The van der Waals surface area contributed by atoms with Crippen molar-refractivity contribution in [2.24, 2.45) is 0 Å². The Hall–Kier alpha value is -2.06. The zero-order valence-corrected chi connectivity index (χ0v) is 15.5. The molecule has 0 N–H and O–H groups in total. The van der Waals surface area contributed by atoms with Crippen LogP contribution in [-0.4, -0.2) is 41.9 Å². The Labute approximate surface area is 153 Å². The second kappa shape index (κ2) is 8.09. The minimum Gasteiger partial charge on any atom is -0.459 e. The van der Waals surface area contributed by atoms with Crippen LogP contribution in [0, 0.1) is 5.82 Å². The molecule has 1 aromatic heterocycles. The fourth-order valence-electron chi connectivity index (χ4n) is 2.89. The highest BCUT2D eigenvalue weighted by Gasteiger charge is 2.31. The molecule has 1 aliphatic heterocycles. The van der Waals surface area contributed by atoms with Crippen LogP contribution in [0.1, 0.15) is 30.9 Å². The molecular weight excluding hydrogens is 357 g/mol. The van der Waals surface area contributed by atoms with Crippen LogP contribution in [0.25, 0.3) is 0 Å². The van der Waals surface area contributed by atoms with Gasteiger partial charge in [0.25, 0.3) is 0 Å². The summed E-state index contributed by atoms with van der Waals surface area (Å²) in [5.41, 5.74) is 1.18. The van der Waals surface area contributed by atoms with E-state index in [0.717, 1.165) is 18.4 Å². The van der Waals surface area contributed by atoms with E-state index in [1.165, 1.54) is 16.4 Å². The van der Waals surface area contributed by atoms with Gasteiger partial charge in [-0.05, 0) is 30.9 Å². The van der Waals surface area contributed by atoms with Crippen LogP contribution in [0.5, 0.6) is 6.01 Å². The number of hydrogen-bond donors (Lipinski definition) is 0. The van der Waals surface area contributed by atoms with Gasteiger partial charge in [-0.3, -0.25) is 0 Å². The lowest BCUT2D eigenvalue weighted by atomic mass is 10.1. The van der Waals surface area contributed by atoms with Gasteiger partial charge < -0.3 is 4.74 Å². The number of aromatic nitrogens is 2. The standard InChI is InChI=1S/C18H22FN3O3S/c1-2-14-10-20-18(21-11-14)25-16-7-5-9-22(12-16)26(23,24)13-15-6-3-4-8-17(15)19/h3-4,6,8,10-11,16H,2,5,7,9,12-13H2,1H3. The largest absolute Gasteiger partial charge is 0.459 e. The Balaban J connectivity index is 1.66. The lowest BCUT2D eigenvalue weighted by Gasteiger charge is -2.31. The highest BCUT2D eigenvalue weighted by Crippen LogP contribution is 2.21. The summed E-state index contributed by atoms with van der Waals surface area (Å²) in [5.74, 6) is -0.862. The van der Waals surface area contributed by atoms with Crippen molar-refractivity contribution in [1.82, 2.24) is 14.3 Å². The maximum atomic E-state index is 13.8. The van der Waals surface area contributed by atoms with Crippen molar-refractivity contribution in [3.05, 3.63) is 53.6 Å². The molecule has 2 aromatic rings. The minimum atomic E-state index is -3.62. The highest BCUT2D eigenvalue weighted by molar-refractivity contribution is 7.88. The van der Waals surface area contributed by atoms with Gasteiger partial charge >= 0.3 is 6.01 Å². The van der Waals surface area contributed by atoms with E-state index in [2.05, 4.69) is 9.97 Å². The van der Waals surface area contributed by atoms with Crippen molar-refractivity contribution in [1.29, 1.82) is 0 Å². The summed E-state index contributed by atoms with van der Waals surface area (Å²) < 4.78 is 46.2. The Kier molecular flexibility index (Phi) is 5.83. The SMILES string of the molecule is CCc1cnc(OC2CCCN(S(=O)(=O)Cc3ccccc3F)C2)nc1. The Morgan fingerprint density at radius 3 is 2.69 bits per heavy atom. The second-order valence-corrected chi connectivity index (χ2v) is 8.28. The molecule has 0 radical (unpaired) electrons. The van der Waals surface area contributed by atoms with E-state index in [0.29, 0.717) is 13.0 Å². The first-order chi connectivity index (χ1) is 12.5. The molecule has 6 nitrogen and oxygen atoms in total. The number of aryl methyl sites for hydroxylation is 1. The fraction of sp³-hybridized carbons (Fsp3) is 0.444. The van der Waals surface area contributed by atoms with Gasteiger partial charge in [-0.15, -0.1) is 0 Å². The van der Waals surface area contributed by atoms with Gasteiger partial charge in [0.15, 0.2) is 0 Å². The van der Waals surface area contributed by atoms with Gasteiger partial charge in [0.2, 0.25) is 10.0 Å². The molecule has 26 heavy (non-hydrogen) atoms. The summed E-state index contributed by atoms with van der Waals surface area (Å²) in [4.78, 5) is 8.32. The van der Waals surface area contributed by atoms with Gasteiger partial charge in [-0.1, -0.05) is 25.1 Å². The highest BCUT2D eigenvalue weighted by atomic mass is 32.2. The first-order valence-electron chi connectivity index (χ1n) is 8.66. The molecule has 1 aromatic carbocycles. The topological polar surface area (TPSA) is 72.4 Å². The molecular formula is C18H22FN3O3S. The first-order valence-corrected chi connectivity index (χ1v) is 10.3. The summed E-state index contributed by atoms with van der Waals surface area (Å²) in [7, 11) is -3.62. The molecule has 0 bridgehead atoms. The van der Waals surface area contributed by atoms with Gasteiger partial charge in [0.05, 0.1) is 12.3 Å². The lowest BCUT2D eigenvalue weighted by molar-refractivity contribution is 0.119. The Morgan fingerprint density at radius 1 is 1.27 bits per heavy atom. The molecule has 1 atom stereocenters. The second-order valence-electron chi connectivity index (χ2n) is 6.32. The van der Waals surface area contributed by atoms with E-state index in [9.17, 15) is 12.8 Å². The van der Waals surface area contributed by atoms with Gasteiger partial charge in [-0.25, -0.2) is 22.8 Å². The molecule has 0 spiro atoms. The van der Waals surface area contributed by atoms with E-state index in [1.807, 2.05) is 6.92 Å². The maximum absolute atomic E-state index is 13.8. The van der Waals surface area contributed by atoms with Crippen LogP contribution in [0.4, 0.5) is 4.39 Å². The first kappa shape index (κ1) is 18.7. The number of nitrogens with zero attached hydrogens (tertiary/aromatic N) is 3. The van der Waals surface area contributed by atoms with Crippen LogP contribution >= 0.6 is 0 Å². The van der Waals surface area contributed by atoms with Crippen molar-refractivity contribution in [2.75, 3.05) is 13.1 Å². The van der Waals surface area contributed by atoms with Crippen LogP contribution in [0.2, 0.25) is 0 Å². The number of piperidine rings is 1. The van der Waals surface area contributed by atoms with E-state index >= 15 is 0 Å². The van der Waals surface area contributed by atoms with E-state index in [4.69, 9.17) is 4.74 Å². The Morgan fingerprint density at radius 2 is 2.00 bits per heavy atom. The van der Waals surface area contributed by atoms with Crippen molar-refractivity contribution in [3.8, 4) is 6.01 Å². The molecule has 140 valence electrons. The monoisotopic (exact) mass is 379 g/mol. The number of ether oxygens (including phenoxy) is 1. The van der Waals surface area contributed by atoms with Gasteiger partial charge in [0, 0.05) is 24.5 Å². The van der Waals surface area contributed by atoms with E-state index < -0.39 is 15.8 Å². The third-order valence-electron chi connectivity index (χ3n) is 4.39. The number of benzene rings is 1. The fourth-order valence-corrected chi connectivity index (χ4v) is 4.50. The van der Waals surface area contributed by atoms with Gasteiger partial charge in [-0.2, -0.15) is 4.31 Å². The molecule has 0 amide bonds. The Bertz CT molecular complexity index is 843. The summed E-state index contributed by atoms with van der Waals surface area (Å²) in [6.45, 7) is 2.64. The van der Waals surface area contributed by atoms with Crippen molar-refractivity contribution in [3.63, 3.8) is 0 Å². The number of sulfonamides is 1. The molecule has 2 heterocycles. The number of halogens is 1. The zero-order valence-electron chi connectivity index (χ0n) is 14.6. The summed E-state index contributed by atoms with van der Waals surface area (Å²) >= 11 is 0. The molecule has 3 rings (SSSR count). The molecule has 1 fully saturated rings. The smallest absolute Gasteiger partial charge is 0.316 e. The predicted octanol–water partition coefficient (Wildman–Crippen LogP) is 2.55. The van der Waals surface area contributed by atoms with Crippen molar-refractivity contribution < 1.29 is 17.5 Å². The third kappa shape index (κ3) is 4.56. The normalized spacial score (nSPS) is 18.6. The summed E-state index contributed by atoms with van der Waals surface area (Å²) in [6, 6.07) is 6.19. The van der Waals surface area contributed by atoms with E-state index in [-0.39, 0.29) is 30.0 Å². The number of hydrogen-bond acceptors (Lipinski definition) is 5. The average molecular weight is 379 g/mol. The average Bonchev–Trinajstić information content (AvgIpc) is 2.64. The van der Waals surface area contributed by atoms with Crippen LogP contribution < -0.4 is 4.74 Å². The van der Waals surface area contributed by atoms with Crippen molar-refractivity contribution >= 4 is 10.0 Å². The third-order valence-corrected chi connectivity index (χ3v) is 6.19. The molecule has 1 saturated heterocycles. The quantitative estimate of drug-likeness (QED) is 0.771. The molecule has 0 aliphatic carbocycles. The lowest BCUT2D eigenvalue weighted by Crippen LogP contribution is -2.45. The van der Waals surface area contributed by atoms with E-state index in [1.54, 1.807) is 24.5 Å².